The number of hydrogen-bond donors (Lipinski definition) is 2. The fourth-order valence-electron chi connectivity index (χ4n) is 3.74. The predicted molar refractivity (Wildman–Crippen MR) is 123 cm³/mol. The summed E-state index contributed by atoms with van der Waals surface area (Å²) in [6.45, 7) is 5.22. The van der Waals surface area contributed by atoms with Crippen molar-refractivity contribution in [2.75, 3.05) is 55.6 Å². The van der Waals surface area contributed by atoms with Crippen LogP contribution in [0.3, 0.4) is 0 Å². The zero-order valence-electron chi connectivity index (χ0n) is 19.4. The summed E-state index contributed by atoms with van der Waals surface area (Å²) in [5, 5.41) is 10.4. The molecule has 2 N–H and O–H groups in total. The van der Waals surface area contributed by atoms with Gasteiger partial charge in [0.2, 0.25) is 0 Å². The molecule has 1 saturated heterocycles. The molecule has 0 spiro atoms. The van der Waals surface area contributed by atoms with Gasteiger partial charge in [0.05, 0.1) is 29.9 Å². The van der Waals surface area contributed by atoms with E-state index >= 15 is 0 Å². The Morgan fingerprint density at radius 1 is 1.11 bits per heavy atom. The van der Waals surface area contributed by atoms with E-state index in [0.717, 1.165) is 37.9 Å². The molecule has 0 unspecified atom stereocenters. The van der Waals surface area contributed by atoms with E-state index in [0.29, 0.717) is 22.7 Å². The lowest BCUT2D eigenvalue weighted by Gasteiger charge is -2.36. The number of fused-ring (bicyclic) bond motifs is 1. The molecule has 2 aromatic carbocycles. The van der Waals surface area contributed by atoms with E-state index in [1.807, 2.05) is 6.07 Å². The average Bonchev–Trinajstić information content (AvgIpc) is 2.84. The highest BCUT2D eigenvalue weighted by Crippen LogP contribution is 2.45. The third-order valence-corrected chi connectivity index (χ3v) is 7.44. The van der Waals surface area contributed by atoms with Crippen molar-refractivity contribution in [2.45, 2.75) is 18.0 Å². The quantitative estimate of drug-likeness (QED) is 0.576. The molecule has 36 heavy (non-hydrogen) atoms. The number of piperazine rings is 1. The van der Waals surface area contributed by atoms with Crippen LogP contribution in [0.5, 0.6) is 11.5 Å². The van der Waals surface area contributed by atoms with Gasteiger partial charge in [-0.2, -0.15) is 13.2 Å². The van der Waals surface area contributed by atoms with Gasteiger partial charge in [0.1, 0.15) is 18.2 Å². The highest BCUT2D eigenvalue weighted by atomic mass is 32.2. The van der Waals surface area contributed by atoms with Crippen molar-refractivity contribution in [2.24, 2.45) is 0 Å². The van der Waals surface area contributed by atoms with Gasteiger partial charge in [-0.1, -0.05) is 6.07 Å². The van der Waals surface area contributed by atoms with Gasteiger partial charge in [0, 0.05) is 38.3 Å². The molecule has 0 radical (unpaired) electrons. The number of aryl methyl sites for hydroxylation is 1. The number of ether oxygens (including phenoxy) is 2. The molecule has 14 heteroatoms. The molecule has 2 aromatic rings. The molecule has 2 aliphatic rings. The molecule has 0 saturated carbocycles. The summed E-state index contributed by atoms with van der Waals surface area (Å²) < 4.78 is 85.1. The van der Waals surface area contributed by atoms with Crippen LogP contribution in [-0.4, -0.2) is 72.1 Å². The Balaban J connectivity index is 0.000000454. The lowest BCUT2D eigenvalue weighted by molar-refractivity contribution is -0.192. The number of halogens is 4. The van der Waals surface area contributed by atoms with Gasteiger partial charge < -0.3 is 24.8 Å². The molecule has 0 bridgehead atoms. The monoisotopic (exact) mass is 535 g/mol. The second-order valence-electron chi connectivity index (χ2n) is 7.87. The van der Waals surface area contributed by atoms with Crippen LogP contribution in [0, 0.1) is 12.7 Å². The lowest BCUT2D eigenvalue weighted by Crippen LogP contribution is -2.44. The molecule has 0 atom stereocenters. The number of nitrogens with one attached hydrogen (secondary N) is 1. The maximum atomic E-state index is 13.8. The molecule has 198 valence electrons. The van der Waals surface area contributed by atoms with E-state index < -0.39 is 28.0 Å². The van der Waals surface area contributed by atoms with Gasteiger partial charge in [0.25, 0.3) is 10.0 Å². The third kappa shape index (κ3) is 5.93. The normalized spacial score (nSPS) is 15.8. The fourth-order valence-corrected chi connectivity index (χ4v) is 5.42. The first kappa shape index (κ1) is 27.3. The smallest absolute Gasteiger partial charge is 0.490 e. The van der Waals surface area contributed by atoms with Gasteiger partial charge in [0.15, 0.2) is 5.75 Å². The Bertz CT molecular complexity index is 1220. The van der Waals surface area contributed by atoms with E-state index in [4.69, 9.17) is 19.4 Å². The van der Waals surface area contributed by atoms with Gasteiger partial charge in [-0.15, -0.1) is 0 Å². The first-order valence-electron chi connectivity index (χ1n) is 10.8. The molecule has 0 aliphatic carbocycles. The summed E-state index contributed by atoms with van der Waals surface area (Å²) in [7, 11) is -2.43. The summed E-state index contributed by atoms with van der Waals surface area (Å²) >= 11 is 0. The third-order valence-electron chi connectivity index (χ3n) is 5.49. The van der Waals surface area contributed by atoms with E-state index in [2.05, 4.69) is 10.2 Å². The van der Waals surface area contributed by atoms with Gasteiger partial charge in [-0.25, -0.2) is 17.6 Å². The number of methoxy groups -OCH3 is 1. The lowest BCUT2D eigenvalue weighted by atomic mass is 10.1. The summed E-state index contributed by atoms with van der Waals surface area (Å²) in [5.41, 5.74) is 1.70. The van der Waals surface area contributed by atoms with Gasteiger partial charge >= 0.3 is 12.1 Å². The second kappa shape index (κ2) is 10.8. The first-order valence-corrected chi connectivity index (χ1v) is 12.2. The van der Waals surface area contributed by atoms with E-state index in [-0.39, 0.29) is 18.0 Å². The van der Waals surface area contributed by atoms with E-state index in [1.165, 1.54) is 16.4 Å². The summed E-state index contributed by atoms with van der Waals surface area (Å²) in [5.74, 6) is -2.29. The number of carboxylic acids is 1. The van der Waals surface area contributed by atoms with Crippen molar-refractivity contribution in [3.63, 3.8) is 0 Å². The van der Waals surface area contributed by atoms with Crippen molar-refractivity contribution in [1.29, 1.82) is 0 Å². The van der Waals surface area contributed by atoms with Gasteiger partial charge in [-0.3, -0.25) is 4.31 Å². The Kier molecular flexibility index (Phi) is 8.19. The Hall–Kier alpha value is -3.26. The first-order chi connectivity index (χ1) is 16.9. The summed E-state index contributed by atoms with van der Waals surface area (Å²) in [6.07, 6.45) is -5.08. The van der Waals surface area contributed by atoms with Crippen LogP contribution in [0.2, 0.25) is 0 Å². The molecule has 2 heterocycles. The number of aliphatic carboxylic acids is 1. The average molecular weight is 536 g/mol. The van der Waals surface area contributed by atoms with Crippen LogP contribution >= 0.6 is 0 Å². The zero-order chi connectivity index (χ0) is 26.7. The highest BCUT2D eigenvalue weighted by molar-refractivity contribution is 7.92. The molecular weight excluding hydrogens is 510 g/mol. The van der Waals surface area contributed by atoms with Crippen molar-refractivity contribution in [3.8, 4) is 11.5 Å². The van der Waals surface area contributed by atoms with Crippen molar-refractivity contribution >= 4 is 27.4 Å². The van der Waals surface area contributed by atoms with Crippen molar-refractivity contribution < 1.29 is 45.4 Å². The minimum Gasteiger partial charge on any atom is -0.497 e. The maximum Gasteiger partial charge on any atom is 0.490 e. The fraction of sp³-hybridized carbons (Fsp3) is 0.409. The zero-order valence-corrected chi connectivity index (χ0v) is 20.2. The van der Waals surface area contributed by atoms with Crippen LogP contribution in [0.4, 0.5) is 28.9 Å². The number of carbonyl (C=O) groups is 1. The number of anilines is 2. The Morgan fingerprint density at radius 3 is 2.31 bits per heavy atom. The Morgan fingerprint density at radius 2 is 1.72 bits per heavy atom. The number of rotatable bonds is 4. The Labute approximate surface area is 205 Å². The molecule has 0 aromatic heterocycles. The summed E-state index contributed by atoms with van der Waals surface area (Å²) in [6, 6.07) is 7.33. The largest absolute Gasteiger partial charge is 0.497 e. The number of alkyl halides is 3. The number of carboxylic acid groups (broad SMARTS) is 1. The minimum absolute atomic E-state index is 0.0445. The van der Waals surface area contributed by atoms with Crippen LogP contribution < -0.4 is 24.0 Å². The molecule has 1 fully saturated rings. The molecule has 2 aliphatic heterocycles. The van der Waals surface area contributed by atoms with Crippen molar-refractivity contribution in [3.05, 3.63) is 41.7 Å². The van der Waals surface area contributed by atoms with Crippen molar-refractivity contribution in [1.82, 2.24) is 5.32 Å². The number of hydrogen-bond acceptors (Lipinski definition) is 7. The molecule has 4 rings (SSSR count). The standard InChI is InChI=1S/C20H24FN3O4S.C2HF3O2/c1-14-3-4-15(21)11-19(14)29(25,26)24-9-10-28-20-17(23-7-5-22-6-8-23)12-16(27-2)13-18(20)24;3-2(4,5)1(6)7/h3-4,11-13,22H,5-10H2,1-2H3;(H,6,7). The van der Waals surface area contributed by atoms with E-state index in [9.17, 15) is 26.0 Å². The van der Waals surface area contributed by atoms with Crippen LogP contribution in [-0.2, 0) is 14.8 Å². The minimum atomic E-state index is -5.08. The highest BCUT2D eigenvalue weighted by Gasteiger charge is 2.38. The van der Waals surface area contributed by atoms with Gasteiger partial charge in [-0.05, 0) is 24.6 Å². The number of nitrogens with zero attached hydrogens (tertiary/aromatic N) is 2. The van der Waals surface area contributed by atoms with Crippen LogP contribution in [0.25, 0.3) is 0 Å². The number of benzene rings is 2. The van der Waals surface area contributed by atoms with Crippen LogP contribution in [0.1, 0.15) is 5.56 Å². The second-order valence-corrected chi connectivity index (χ2v) is 9.70. The van der Waals surface area contributed by atoms with Crippen LogP contribution in [0.15, 0.2) is 35.2 Å². The SMILES string of the molecule is COc1cc(N2CCNCC2)c2c(c1)N(S(=O)(=O)c1cc(F)ccc1C)CCO2.O=C(O)C(F)(F)F. The number of sulfonamides is 1. The predicted octanol–water partition coefficient (Wildman–Crippen LogP) is 2.77. The topological polar surface area (TPSA) is 108 Å². The molecular formula is C22H25F4N3O6S. The summed E-state index contributed by atoms with van der Waals surface area (Å²) in [4.78, 5) is 11.0. The molecule has 9 nitrogen and oxygen atoms in total. The maximum absolute atomic E-state index is 13.8. The molecule has 0 amide bonds. The van der Waals surface area contributed by atoms with E-state index in [1.54, 1.807) is 20.1 Å².